The molecule has 0 unspecified atom stereocenters. The van der Waals surface area contributed by atoms with Gasteiger partial charge in [-0.25, -0.2) is 0 Å². The zero-order valence-electron chi connectivity index (χ0n) is 27.5. The molecule has 0 fully saturated rings. The minimum absolute atomic E-state index is 0. The Labute approximate surface area is 278 Å². The number of nitrogens with zero attached hydrogens (tertiary/aromatic N) is 2. The molecular formula is C38H46BrN3O3. The molecule has 0 atom stereocenters. The van der Waals surface area contributed by atoms with Crippen LogP contribution in [0.15, 0.2) is 72.8 Å². The molecule has 0 saturated heterocycles. The Morgan fingerprint density at radius 3 is 1.93 bits per heavy atom. The van der Waals surface area contributed by atoms with Gasteiger partial charge in [-0.1, -0.05) is 70.0 Å². The number of methoxy groups -OCH3 is 1. The highest BCUT2D eigenvalue weighted by molar-refractivity contribution is 5.92. The topological polar surface area (TPSA) is 62.5 Å². The number of imidazole rings is 1. The zero-order chi connectivity index (χ0) is 31.2. The smallest absolute Gasteiger partial charge is 0.361 e. The van der Waals surface area contributed by atoms with E-state index in [1.54, 1.807) is 7.11 Å². The third-order valence-corrected chi connectivity index (χ3v) is 8.51. The van der Waals surface area contributed by atoms with E-state index in [9.17, 15) is 0 Å². The first-order chi connectivity index (χ1) is 21.4. The van der Waals surface area contributed by atoms with Gasteiger partial charge in [-0.3, -0.25) is 5.73 Å². The number of halogens is 1. The lowest BCUT2D eigenvalue weighted by molar-refractivity contribution is -0.687. The standard InChI is InChI=1S/C38H45N3O3.BrH/c1-7-12-28-18-20-30(22-26(28)4)43-24-40-35-16-10-15-34(33-14-11-17-36(42-6)32(33)9-3)37(35)41(38(40)39)25-44-31-21-19-29(13-8-2)27(5)23-31;/h10-11,14-23,39H,7-9,12-13,24-25H2,1-6H3;1H. The quantitative estimate of drug-likeness (QED) is 0.172. The number of aromatic nitrogens is 2. The second-order valence-corrected chi connectivity index (χ2v) is 11.5. The van der Waals surface area contributed by atoms with Crippen molar-refractivity contribution in [3.8, 4) is 28.4 Å². The van der Waals surface area contributed by atoms with Gasteiger partial charge in [0.1, 0.15) is 22.8 Å². The van der Waals surface area contributed by atoms with Gasteiger partial charge >= 0.3 is 5.95 Å². The molecule has 5 aromatic rings. The Morgan fingerprint density at radius 2 is 1.36 bits per heavy atom. The van der Waals surface area contributed by atoms with Crippen LogP contribution >= 0.6 is 0 Å². The average Bonchev–Trinajstić information content (AvgIpc) is 3.31. The molecule has 0 aliphatic rings. The number of rotatable bonds is 13. The second-order valence-electron chi connectivity index (χ2n) is 11.5. The van der Waals surface area contributed by atoms with E-state index < -0.39 is 0 Å². The summed E-state index contributed by atoms with van der Waals surface area (Å²) >= 11 is 0. The normalized spacial score (nSPS) is 11.0. The van der Waals surface area contributed by atoms with E-state index in [4.69, 9.17) is 19.9 Å². The zero-order valence-corrected chi connectivity index (χ0v) is 29.0. The summed E-state index contributed by atoms with van der Waals surface area (Å²) < 4.78 is 22.6. The Bertz CT molecular complexity index is 1760. The lowest BCUT2D eigenvalue weighted by Gasteiger charge is -2.14. The fourth-order valence-electron chi connectivity index (χ4n) is 6.17. The summed E-state index contributed by atoms with van der Waals surface area (Å²) in [5.41, 5.74) is 17.4. The molecule has 0 aliphatic heterocycles. The van der Waals surface area contributed by atoms with Crippen molar-refractivity contribution < 1.29 is 35.8 Å². The Balaban J connectivity index is 0.00000461. The van der Waals surface area contributed by atoms with Gasteiger partial charge in [0.05, 0.1) is 7.11 Å². The molecule has 1 aromatic heterocycles. The minimum Gasteiger partial charge on any atom is -1.00 e. The van der Waals surface area contributed by atoms with Gasteiger partial charge in [0.2, 0.25) is 13.5 Å². The van der Waals surface area contributed by atoms with Crippen molar-refractivity contribution in [2.75, 3.05) is 12.8 Å². The van der Waals surface area contributed by atoms with Crippen molar-refractivity contribution in [2.45, 2.75) is 80.2 Å². The molecule has 4 aromatic carbocycles. The van der Waals surface area contributed by atoms with Crippen LogP contribution in [0.3, 0.4) is 0 Å². The number of hydrogen-bond donors (Lipinski definition) is 1. The van der Waals surface area contributed by atoms with Crippen LogP contribution in [0, 0.1) is 13.8 Å². The van der Waals surface area contributed by atoms with Gasteiger partial charge in [-0.2, -0.15) is 9.13 Å². The van der Waals surface area contributed by atoms with Crippen LogP contribution in [0.1, 0.15) is 61.4 Å². The summed E-state index contributed by atoms with van der Waals surface area (Å²) in [7, 11) is 1.73. The highest BCUT2D eigenvalue weighted by Gasteiger charge is 2.26. The largest absolute Gasteiger partial charge is 1.00 e. The molecule has 0 amide bonds. The predicted molar refractivity (Wildman–Crippen MR) is 180 cm³/mol. The number of anilines is 1. The van der Waals surface area contributed by atoms with E-state index in [0.717, 1.165) is 77.1 Å². The fourth-order valence-corrected chi connectivity index (χ4v) is 6.17. The molecular weight excluding hydrogens is 626 g/mol. The minimum atomic E-state index is 0. The fraction of sp³-hybridized carbons (Fsp3) is 0.342. The number of para-hydroxylation sites is 1. The maximum Gasteiger partial charge on any atom is 0.361 e. The van der Waals surface area contributed by atoms with Crippen molar-refractivity contribution in [3.05, 3.63) is 101 Å². The summed E-state index contributed by atoms with van der Waals surface area (Å²) in [4.78, 5) is 0. The van der Waals surface area contributed by atoms with Gasteiger partial charge in [0, 0.05) is 11.1 Å². The van der Waals surface area contributed by atoms with Crippen LogP contribution in [0.5, 0.6) is 17.2 Å². The number of hydrogen-bond acceptors (Lipinski definition) is 4. The van der Waals surface area contributed by atoms with Crippen molar-refractivity contribution in [3.63, 3.8) is 0 Å². The lowest BCUT2D eigenvalue weighted by Crippen LogP contribution is -3.00. The Morgan fingerprint density at radius 1 is 0.756 bits per heavy atom. The molecule has 6 nitrogen and oxygen atoms in total. The van der Waals surface area contributed by atoms with Gasteiger partial charge in [0.15, 0.2) is 5.52 Å². The van der Waals surface area contributed by atoms with Crippen molar-refractivity contribution in [1.29, 1.82) is 0 Å². The van der Waals surface area contributed by atoms with E-state index >= 15 is 0 Å². The van der Waals surface area contributed by atoms with Crippen molar-refractivity contribution in [1.82, 2.24) is 4.57 Å². The third kappa shape index (κ3) is 7.14. The SMILES string of the molecule is CCCc1ccc(OCn2c(N)[n+](COc3ccc(CCC)c(C)c3)c3c(-c4cccc(OC)c4CC)cccc32)cc1C.[Br-]. The first-order valence-electron chi connectivity index (χ1n) is 15.8. The number of benzene rings is 4. The summed E-state index contributed by atoms with van der Waals surface area (Å²) in [6.07, 6.45) is 5.19. The molecule has 0 saturated carbocycles. The van der Waals surface area contributed by atoms with Crippen molar-refractivity contribution >= 4 is 17.0 Å². The number of nitrogens with two attached hydrogens (primary N) is 1. The first kappa shape index (κ1) is 33.9. The van der Waals surface area contributed by atoms with Crippen LogP contribution in [0.4, 0.5) is 5.95 Å². The van der Waals surface area contributed by atoms with Crippen LogP contribution in [0.2, 0.25) is 0 Å². The monoisotopic (exact) mass is 671 g/mol. The maximum absolute atomic E-state index is 6.95. The second kappa shape index (κ2) is 15.3. The molecule has 5 rings (SSSR count). The van der Waals surface area contributed by atoms with Gasteiger partial charge in [-0.15, -0.1) is 0 Å². The first-order valence-corrected chi connectivity index (χ1v) is 15.8. The third-order valence-electron chi connectivity index (χ3n) is 8.51. The Hall–Kier alpha value is -3.97. The van der Waals surface area contributed by atoms with Crippen LogP contribution in [-0.4, -0.2) is 11.7 Å². The van der Waals surface area contributed by atoms with Crippen LogP contribution in [-0.2, 0) is 32.7 Å². The molecule has 0 bridgehead atoms. The van der Waals surface area contributed by atoms with E-state index in [0.29, 0.717) is 5.95 Å². The molecule has 7 heteroatoms. The highest BCUT2D eigenvalue weighted by atomic mass is 79.9. The lowest BCUT2D eigenvalue weighted by atomic mass is 9.96. The number of fused-ring (bicyclic) bond motifs is 1. The van der Waals surface area contributed by atoms with E-state index in [1.807, 2.05) is 16.7 Å². The highest BCUT2D eigenvalue weighted by Crippen LogP contribution is 2.35. The summed E-state index contributed by atoms with van der Waals surface area (Å²) in [6.45, 7) is 11.4. The van der Waals surface area contributed by atoms with Gasteiger partial charge < -0.3 is 31.2 Å². The number of ether oxygens (including phenoxy) is 3. The summed E-state index contributed by atoms with van der Waals surface area (Å²) in [6, 6.07) is 25.2. The molecule has 0 radical (unpaired) electrons. The maximum atomic E-state index is 6.95. The average molecular weight is 673 g/mol. The molecule has 1 heterocycles. The van der Waals surface area contributed by atoms with E-state index in [1.165, 1.54) is 22.3 Å². The van der Waals surface area contributed by atoms with Gasteiger partial charge in [-0.05, 0) is 97.3 Å². The molecule has 238 valence electrons. The van der Waals surface area contributed by atoms with Gasteiger partial charge in [0.25, 0.3) is 0 Å². The number of nitrogen functional groups attached to an aromatic ring is 1. The molecule has 0 spiro atoms. The van der Waals surface area contributed by atoms with Crippen LogP contribution in [0.25, 0.3) is 22.2 Å². The number of aryl methyl sites for hydroxylation is 4. The molecule has 2 N–H and O–H groups in total. The predicted octanol–water partition coefficient (Wildman–Crippen LogP) is 5.35. The Kier molecular flexibility index (Phi) is 11.6. The molecule has 0 aliphatic carbocycles. The molecule has 45 heavy (non-hydrogen) atoms. The van der Waals surface area contributed by atoms with Crippen molar-refractivity contribution in [2.24, 2.45) is 0 Å². The summed E-state index contributed by atoms with van der Waals surface area (Å²) in [5, 5.41) is 0. The summed E-state index contributed by atoms with van der Waals surface area (Å²) in [5.74, 6) is 3.09. The van der Waals surface area contributed by atoms with E-state index in [2.05, 4.69) is 99.8 Å². The van der Waals surface area contributed by atoms with E-state index in [-0.39, 0.29) is 30.4 Å². The van der Waals surface area contributed by atoms with Crippen LogP contribution < -0.4 is 41.5 Å².